The second-order valence-corrected chi connectivity index (χ2v) is 8.25. The fraction of sp³-hybridized carbons (Fsp3) is 0.263. The summed E-state index contributed by atoms with van der Waals surface area (Å²) in [6.45, 7) is 0.539. The van der Waals surface area contributed by atoms with Crippen molar-refractivity contribution in [2.75, 3.05) is 0 Å². The van der Waals surface area contributed by atoms with Crippen molar-refractivity contribution in [2.24, 2.45) is 0 Å². The van der Waals surface area contributed by atoms with Crippen LogP contribution < -0.4 is 0 Å². The fourth-order valence-electron chi connectivity index (χ4n) is 2.80. The summed E-state index contributed by atoms with van der Waals surface area (Å²) in [5.74, 6) is -0.166. The van der Waals surface area contributed by atoms with Crippen LogP contribution in [0.3, 0.4) is 0 Å². The summed E-state index contributed by atoms with van der Waals surface area (Å²) < 4.78 is 38.8. The second kappa shape index (κ2) is 7.09. The average Bonchev–Trinajstić information content (AvgIpc) is 3.15. The van der Waals surface area contributed by atoms with E-state index in [2.05, 4.69) is 4.98 Å². The Labute approximate surface area is 162 Å². The Balaban J connectivity index is 1.57. The Morgan fingerprint density at radius 2 is 2.00 bits per heavy atom. The quantitative estimate of drug-likeness (QED) is 0.543. The lowest BCUT2D eigenvalue weighted by Crippen LogP contribution is -2.32. The van der Waals surface area contributed by atoms with Gasteiger partial charge in [-0.25, -0.2) is 4.98 Å². The van der Waals surface area contributed by atoms with Crippen molar-refractivity contribution >= 4 is 28.6 Å². The molecule has 1 saturated carbocycles. The van der Waals surface area contributed by atoms with E-state index >= 15 is 0 Å². The zero-order valence-corrected chi connectivity index (χ0v) is 15.7. The van der Waals surface area contributed by atoms with Gasteiger partial charge in [0.05, 0.1) is 12.1 Å². The molecule has 1 fully saturated rings. The number of rotatable bonds is 5. The number of aromatic nitrogens is 1. The van der Waals surface area contributed by atoms with Crippen molar-refractivity contribution in [3.63, 3.8) is 0 Å². The number of nitrogens with zero attached hydrogens (tertiary/aromatic N) is 2. The number of carbonyl (C=O) groups is 1. The predicted molar refractivity (Wildman–Crippen MR) is 99.8 cm³/mol. The summed E-state index contributed by atoms with van der Waals surface area (Å²) in [7, 11) is 0. The molecule has 1 aromatic carbocycles. The fourth-order valence-corrected chi connectivity index (χ4v) is 4.30. The van der Waals surface area contributed by atoms with Gasteiger partial charge in [0.15, 0.2) is 0 Å². The molecule has 27 heavy (non-hydrogen) atoms. The van der Waals surface area contributed by atoms with Gasteiger partial charge >= 0.3 is 6.18 Å². The van der Waals surface area contributed by atoms with Gasteiger partial charge in [-0.3, -0.25) is 4.79 Å². The maximum Gasteiger partial charge on any atom is 0.416 e. The number of thiophene rings is 1. The molecule has 3 nitrogen and oxygen atoms in total. The van der Waals surface area contributed by atoms with E-state index in [9.17, 15) is 18.0 Å². The van der Waals surface area contributed by atoms with Crippen LogP contribution in [0.15, 0.2) is 47.2 Å². The average molecular weight is 408 g/mol. The molecule has 0 radical (unpaired) electrons. The van der Waals surface area contributed by atoms with E-state index in [1.165, 1.54) is 17.4 Å². The Bertz CT molecular complexity index is 946. The highest BCUT2D eigenvalue weighted by molar-refractivity contribution is 7.13. The predicted octanol–water partition coefficient (Wildman–Crippen LogP) is 5.70. The highest BCUT2D eigenvalue weighted by atomic mass is 32.1. The van der Waals surface area contributed by atoms with Crippen molar-refractivity contribution in [2.45, 2.75) is 31.6 Å². The largest absolute Gasteiger partial charge is 0.416 e. The van der Waals surface area contributed by atoms with Crippen LogP contribution in [0.1, 0.15) is 33.8 Å². The van der Waals surface area contributed by atoms with Crippen molar-refractivity contribution in [3.8, 4) is 10.6 Å². The van der Waals surface area contributed by atoms with Crippen LogP contribution in [0.5, 0.6) is 0 Å². The minimum absolute atomic E-state index is 0.166. The molecule has 3 aromatic rings. The Morgan fingerprint density at radius 1 is 1.19 bits per heavy atom. The first-order valence-corrected chi connectivity index (χ1v) is 10.1. The molecule has 0 spiro atoms. The van der Waals surface area contributed by atoms with Gasteiger partial charge in [-0.05, 0) is 36.4 Å². The maximum absolute atomic E-state index is 12.9. The lowest BCUT2D eigenvalue weighted by Gasteiger charge is -2.20. The van der Waals surface area contributed by atoms with Gasteiger partial charge in [0.2, 0.25) is 0 Å². The van der Waals surface area contributed by atoms with Crippen LogP contribution in [-0.2, 0) is 12.7 Å². The van der Waals surface area contributed by atoms with Crippen LogP contribution in [0.25, 0.3) is 10.6 Å². The van der Waals surface area contributed by atoms with Crippen LogP contribution in [-0.4, -0.2) is 21.8 Å². The monoisotopic (exact) mass is 408 g/mol. The summed E-state index contributed by atoms with van der Waals surface area (Å²) in [6.07, 6.45) is -2.46. The molecular formula is C19H15F3N2OS2. The Morgan fingerprint density at radius 3 is 2.67 bits per heavy atom. The topological polar surface area (TPSA) is 33.2 Å². The lowest BCUT2D eigenvalue weighted by molar-refractivity contribution is -0.137. The molecule has 0 N–H and O–H groups in total. The minimum Gasteiger partial charge on any atom is -0.329 e. The molecule has 4 rings (SSSR count). The van der Waals surface area contributed by atoms with Gasteiger partial charge in [-0.15, -0.1) is 22.7 Å². The number of hydrogen-bond acceptors (Lipinski definition) is 4. The van der Waals surface area contributed by atoms with Gasteiger partial charge in [-0.2, -0.15) is 13.2 Å². The van der Waals surface area contributed by atoms with E-state index in [0.29, 0.717) is 17.1 Å². The molecule has 1 aliphatic rings. The summed E-state index contributed by atoms with van der Waals surface area (Å²) >= 11 is 2.78. The molecule has 1 aliphatic carbocycles. The minimum atomic E-state index is -4.41. The maximum atomic E-state index is 12.9. The van der Waals surface area contributed by atoms with Gasteiger partial charge in [0.25, 0.3) is 5.91 Å². The molecule has 0 atom stereocenters. The number of hydrogen-bond donors (Lipinski definition) is 0. The van der Waals surface area contributed by atoms with Gasteiger partial charge < -0.3 is 4.90 Å². The van der Waals surface area contributed by atoms with Crippen molar-refractivity contribution in [3.05, 3.63) is 63.3 Å². The lowest BCUT2D eigenvalue weighted by atomic mass is 10.1. The highest BCUT2D eigenvalue weighted by Crippen LogP contribution is 2.34. The highest BCUT2D eigenvalue weighted by Gasteiger charge is 2.34. The molecule has 0 saturated heterocycles. The van der Waals surface area contributed by atoms with Crippen LogP contribution in [0.2, 0.25) is 0 Å². The molecule has 0 bridgehead atoms. The molecular weight excluding hydrogens is 393 g/mol. The van der Waals surface area contributed by atoms with Crippen LogP contribution in [0.4, 0.5) is 13.2 Å². The van der Waals surface area contributed by atoms with Crippen molar-refractivity contribution in [1.29, 1.82) is 0 Å². The van der Waals surface area contributed by atoms with Crippen LogP contribution in [0, 0.1) is 0 Å². The molecule has 2 heterocycles. The zero-order chi connectivity index (χ0) is 19.0. The molecule has 140 valence electrons. The summed E-state index contributed by atoms with van der Waals surface area (Å²) in [5.41, 5.74) is -0.0682. The van der Waals surface area contributed by atoms with E-state index in [4.69, 9.17) is 0 Å². The van der Waals surface area contributed by atoms with Crippen molar-refractivity contribution < 1.29 is 18.0 Å². The number of halogens is 3. The van der Waals surface area contributed by atoms with E-state index < -0.39 is 11.7 Å². The van der Waals surface area contributed by atoms with E-state index in [-0.39, 0.29) is 17.6 Å². The molecule has 0 aliphatic heterocycles. The van der Waals surface area contributed by atoms with Gasteiger partial charge in [0, 0.05) is 21.9 Å². The molecule has 2 aromatic heterocycles. The zero-order valence-electron chi connectivity index (χ0n) is 14.1. The number of alkyl halides is 3. The van der Waals surface area contributed by atoms with Gasteiger partial charge in [-0.1, -0.05) is 18.2 Å². The number of benzene rings is 1. The Kier molecular flexibility index (Phi) is 4.77. The first kappa shape index (κ1) is 18.2. The third-order valence-electron chi connectivity index (χ3n) is 4.31. The molecule has 8 heteroatoms. The number of carbonyl (C=O) groups excluding carboxylic acids is 1. The van der Waals surface area contributed by atoms with E-state index in [1.807, 2.05) is 22.4 Å². The third kappa shape index (κ3) is 4.06. The third-order valence-corrected chi connectivity index (χ3v) is 6.07. The second-order valence-electron chi connectivity index (χ2n) is 6.36. The normalized spacial score (nSPS) is 14.3. The van der Waals surface area contributed by atoms with Gasteiger partial charge in [0.1, 0.15) is 10.7 Å². The standard InChI is InChI=1S/C19H15F3N2OS2/c20-19(21,22)13-4-1-3-12(9-13)17-23-16(11-27-17)18(25)24(14-6-7-14)10-15-5-2-8-26-15/h1-5,8-9,11,14H,6-7,10H2. The molecule has 0 unspecified atom stereocenters. The van der Waals surface area contributed by atoms with E-state index in [1.54, 1.807) is 22.8 Å². The Hall–Kier alpha value is -2.19. The number of thiazole rings is 1. The summed E-state index contributed by atoms with van der Waals surface area (Å²) in [6, 6.07) is 9.18. The van der Waals surface area contributed by atoms with Crippen molar-refractivity contribution in [1.82, 2.24) is 9.88 Å². The summed E-state index contributed by atoms with van der Waals surface area (Å²) in [4.78, 5) is 20.2. The van der Waals surface area contributed by atoms with E-state index in [0.717, 1.165) is 29.9 Å². The SMILES string of the molecule is O=C(c1csc(-c2cccc(C(F)(F)F)c2)n1)N(Cc1cccs1)C1CC1. The van der Waals surface area contributed by atoms with Crippen LogP contribution >= 0.6 is 22.7 Å². The first-order valence-electron chi connectivity index (χ1n) is 8.38. The number of amides is 1. The molecule has 1 amide bonds. The summed E-state index contributed by atoms with van der Waals surface area (Å²) in [5, 5.41) is 4.01. The smallest absolute Gasteiger partial charge is 0.329 e. The first-order chi connectivity index (χ1) is 12.9.